The molecule has 0 radical (unpaired) electrons. The van der Waals surface area contributed by atoms with Gasteiger partial charge in [-0.15, -0.1) is 0 Å². The molecule has 5 rings (SSSR count). The average Bonchev–Trinajstić information content (AvgIpc) is 2.97. The summed E-state index contributed by atoms with van der Waals surface area (Å²) in [5.41, 5.74) is 9.12. The summed E-state index contributed by atoms with van der Waals surface area (Å²) in [5.74, 6) is -0.909. The zero-order valence-corrected chi connectivity index (χ0v) is 17.3. The maximum absolute atomic E-state index is 11.2. The molecule has 0 amide bonds. The predicted octanol–water partition coefficient (Wildman–Crippen LogP) is 5.36. The highest BCUT2D eigenvalue weighted by Crippen LogP contribution is 2.38. The van der Waals surface area contributed by atoms with Crippen molar-refractivity contribution in [2.75, 3.05) is 13.1 Å². The maximum Gasteiger partial charge on any atom is 0.335 e. The van der Waals surface area contributed by atoms with Gasteiger partial charge in [-0.25, -0.2) is 4.79 Å². The Bertz CT molecular complexity index is 1150. The number of likely N-dealkylation sites (tertiary alicyclic amines) is 1. The summed E-state index contributed by atoms with van der Waals surface area (Å²) >= 11 is 0. The molecule has 2 aliphatic rings. The van der Waals surface area contributed by atoms with E-state index in [-0.39, 0.29) is 0 Å². The van der Waals surface area contributed by atoms with Gasteiger partial charge in [0.25, 0.3) is 0 Å². The fraction of sp³-hybridized carbons (Fsp3) is 0.185. The molecule has 1 N–H and O–H groups in total. The van der Waals surface area contributed by atoms with Gasteiger partial charge in [-0.05, 0) is 52.8 Å². The number of benzene rings is 2. The normalized spacial score (nSPS) is 15.9. The van der Waals surface area contributed by atoms with Crippen LogP contribution in [0.1, 0.15) is 51.1 Å². The molecule has 1 saturated heterocycles. The summed E-state index contributed by atoms with van der Waals surface area (Å²) in [5, 5.41) is 9.22. The lowest BCUT2D eigenvalue weighted by atomic mass is 9.86. The van der Waals surface area contributed by atoms with Crippen molar-refractivity contribution in [2.45, 2.75) is 19.4 Å². The Morgan fingerprint density at radius 3 is 2.13 bits per heavy atom. The monoisotopic (exact) mass is 408 g/mol. The van der Waals surface area contributed by atoms with Crippen LogP contribution in [0.25, 0.3) is 17.7 Å². The van der Waals surface area contributed by atoms with Crippen LogP contribution in [-0.2, 0) is 6.54 Å². The average molecular weight is 409 g/mol. The number of aromatic carboxylic acids is 1. The highest BCUT2D eigenvalue weighted by atomic mass is 16.4. The van der Waals surface area contributed by atoms with Gasteiger partial charge in [0.05, 0.1) is 11.3 Å². The molecule has 1 fully saturated rings. The molecule has 1 aromatic heterocycles. The van der Waals surface area contributed by atoms with Crippen LogP contribution in [0.2, 0.25) is 0 Å². The molecule has 154 valence electrons. The third kappa shape index (κ3) is 3.94. The van der Waals surface area contributed by atoms with Crippen LogP contribution in [0.4, 0.5) is 0 Å². The van der Waals surface area contributed by atoms with Gasteiger partial charge in [-0.2, -0.15) is 0 Å². The summed E-state index contributed by atoms with van der Waals surface area (Å²) in [6, 6.07) is 20.5. The number of rotatable bonds is 3. The number of carbonyl (C=O) groups is 1. The summed E-state index contributed by atoms with van der Waals surface area (Å²) in [7, 11) is 0. The molecule has 0 saturated carbocycles. The van der Waals surface area contributed by atoms with Crippen LogP contribution in [0.15, 0.2) is 72.4 Å². The summed E-state index contributed by atoms with van der Waals surface area (Å²) in [6.07, 6.45) is 8.02. The molecule has 0 unspecified atom stereocenters. The first kappa shape index (κ1) is 19.5. The van der Waals surface area contributed by atoms with Crippen molar-refractivity contribution in [1.29, 1.82) is 0 Å². The highest BCUT2D eigenvalue weighted by molar-refractivity contribution is 5.95. The largest absolute Gasteiger partial charge is 0.478 e. The number of hydrogen-bond acceptors (Lipinski definition) is 3. The first-order valence-electron chi connectivity index (χ1n) is 10.7. The number of piperidine rings is 1. The standard InChI is InChI=1S/C27H24N2O2/c30-27(31)22-11-14-28-23(17-22)18-29-15-12-21(13-16-29)26-24-7-3-1-5-19(24)9-10-20-6-2-4-8-25(20)26/h1-11,14,17H,12-13,15-16,18H2,(H,30,31). The second kappa shape index (κ2) is 8.32. The van der Waals surface area contributed by atoms with Crippen LogP contribution >= 0.6 is 0 Å². The van der Waals surface area contributed by atoms with E-state index in [9.17, 15) is 9.90 Å². The van der Waals surface area contributed by atoms with E-state index in [2.05, 4.69) is 70.6 Å². The minimum atomic E-state index is -0.909. The Morgan fingerprint density at radius 2 is 1.52 bits per heavy atom. The lowest BCUT2D eigenvalue weighted by Crippen LogP contribution is -2.31. The van der Waals surface area contributed by atoms with E-state index in [1.54, 1.807) is 18.3 Å². The smallest absolute Gasteiger partial charge is 0.335 e. The van der Waals surface area contributed by atoms with Gasteiger partial charge >= 0.3 is 5.97 Å². The van der Waals surface area contributed by atoms with Gasteiger partial charge in [-0.1, -0.05) is 66.3 Å². The highest BCUT2D eigenvalue weighted by Gasteiger charge is 2.22. The first-order valence-corrected chi connectivity index (χ1v) is 10.7. The van der Waals surface area contributed by atoms with E-state index in [0.29, 0.717) is 12.1 Å². The Labute approximate surface area is 182 Å². The number of hydrogen-bond donors (Lipinski definition) is 1. The van der Waals surface area contributed by atoms with Gasteiger partial charge < -0.3 is 5.11 Å². The second-order valence-corrected chi connectivity index (χ2v) is 8.10. The van der Waals surface area contributed by atoms with Crippen molar-refractivity contribution in [3.63, 3.8) is 0 Å². The molecule has 3 aromatic rings. The molecule has 2 aromatic carbocycles. The fourth-order valence-electron chi connectivity index (χ4n) is 4.60. The van der Waals surface area contributed by atoms with Gasteiger partial charge in [0.1, 0.15) is 0 Å². The lowest BCUT2D eigenvalue weighted by molar-refractivity contribution is 0.0696. The van der Waals surface area contributed by atoms with Crippen LogP contribution in [0, 0.1) is 0 Å². The van der Waals surface area contributed by atoms with Crippen molar-refractivity contribution < 1.29 is 9.90 Å². The first-order chi connectivity index (χ1) is 15.2. The molecule has 0 atom stereocenters. The summed E-state index contributed by atoms with van der Waals surface area (Å²) in [4.78, 5) is 18.0. The predicted molar refractivity (Wildman–Crippen MR) is 124 cm³/mol. The van der Waals surface area contributed by atoms with E-state index < -0.39 is 5.97 Å². The molecule has 1 aliphatic heterocycles. The SMILES string of the molecule is O=C(O)c1ccnc(CN2CCC(=C3c4ccccc4C=Cc4ccccc43)CC2)c1. The van der Waals surface area contributed by atoms with Gasteiger partial charge in [0, 0.05) is 25.8 Å². The van der Waals surface area contributed by atoms with Crippen LogP contribution in [-0.4, -0.2) is 34.0 Å². The lowest BCUT2D eigenvalue weighted by Gasteiger charge is -2.30. The molecule has 4 heteroatoms. The zero-order chi connectivity index (χ0) is 21.2. The molecular weight excluding hydrogens is 384 g/mol. The maximum atomic E-state index is 11.2. The second-order valence-electron chi connectivity index (χ2n) is 8.10. The van der Waals surface area contributed by atoms with E-state index in [4.69, 9.17) is 0 Å². The molecule has 0 spiro atoms. The third-order valence-corrected chi connectivity index (χ3v) is 6.16. The van der Waals surface area contributed by atoms with E-state index >= 15 is 0 Å². The van der Waals surface area contributed by atoms with Crippen LogP contribution < -0.4 is 0 Å². The quantitative estimate of drug-likeness (QED) is 0.496. The van der Waals surface area contributed by atoms with Crippen molar-refractivity contribution in [3.05, 3.63) is 106 Å². The number of carboxylic acids is 1. The topological polar surface area (TPSA) is 53.4 Å². The van der Waals surface area contributed by atoms with E-state index in [1.807, 2.05) is 0 Å². The molecule has 0 bridgehead atoms. The van der Waals surface area contributed by atoms with E-state index in [1.165, 1.54) is 33.4 Å². The summed E-state index contributed by atoms with van der Waals surface area (Å²) in [6.45, 7) is 2.56. The number of carboxylic acid groups (broad SMARTS) is 1. The number of aromatic nitrogens is 1. The molecule has 4 nitrogen and oxygen atoms in total. The molecule has 2 heterocycles. The van der Waals surface area contributed by atoms with Crippen molar-refractivity contribution in [1.82, 2.24) is 9.88 Å². The van der Waals surface area contributed by atoms with Crippen molar-refractivity contribution in [3.8, 4) is 0 Å². The minimum absolute atomic E-state index is 0.295. The van der Waals surface area contributed by atoms with Crippen molar-refractivity contribution in [2.24, 2.45) is 0 Å². The Balaban J connectivity index is 1.43. The van der Waals surface area contributed by atoms with Gasteiger partial charge in [0.15, 0.2) is 0 Å². The summed E-state index contributed by atoms with van der Waals surface area (Å²) < 4.78 is 0. The zero-order valence-electron chi connectivity index (χ0n) is 17.3. The minimum Gasteiger partial charge on any atom is -0.478 e. The fourth-order valence-corrected chi connectivity index (χ4v) is 4.60. The van der Waals surface area contributed by atoms with E-state index in [0.717, 1.165) is 31.6 Å². The van der Waals surface area contributed by atoms with Crippen LogP contribution in [0.5, 0.6) is 0 Å². The Kier molecular flexibility index (Phi) is 5.23. The molecule has 1 aliphatic carbocycles. The third-order valence-electron chi connectivity index (χ3n) is 6.16. The Morgan fingerprint density at radius 1 is 0.903 bits per heavy atom. The van der Waals surface area contributed by atoms with Gasteiger partial charge in [0.2, 0.25) is 0 Å². The number of nitrogens with zero attached hydrogens (tertiary/aromatic N) is 2. The van der Waals surface area contributed by atoms with Gasteiger partial charge in [-0.3, -0.25) is 9.88 Å². The van der Waals surface area contributed by atoms with Crippen LogP contribution in [0.3, 0.4) is 0 Å². The molecular formula is C27H24N2O2. The van der Waals surface area contributed by atoms with Crippen molar-refractivity contribution >= 4 is 23.7 Å². The number of pyridine rings is 1. The Hall–Kier alpha value is -3.50. The number of fused-ring (bicyclic) bond motifs is 2. The molecule has 31 heavy (non-hydrogen) atoms.